The summed E-state index contributed by atoms with van der Waals surface area (Å²) in [5.41, 5.74) is 2.53. The molecule has 0 amide bonds. The second-order valence-electron chi connectivity index (χ2n) is 6.50. The van der Waals surface area contributed by atoms with Crippen molar-refractivity contribution in [3.63, 3.8) is 0 Å². The van der Waals surface area contributed by atoms with E-state index in [0.717, 1.165) is 5.75 Å². The molecule has 1 fully saturated rings. The van der Waals surface area contributed by atoms with Crippen LogP contribution in [0.3, 0.4) is 0 Å². The zero-order chi connectivity index (χ0) is 17.1. The minimum absolute atomic E-state index is 0.165. The van der Waals surface area contributed by atoms with Crippen LogP contribution in [-0.4, -0.2) is 29.5 Å². The van der Waals surface area contributed by atoms with Crippen molar-refractivity contribution in [3.8, 4) is 5.75 Å². The highest BCUT2D eigenvalue weighted by Gasteiger charge is 2.43. The van der Waals surface area contributed by atoms with Gasteiger partial charge in [0.05, 0.1) is 13.2 Å². The van der Waals surface area contributed by atoms with E-state index >= 15 is 0 Å². The molecule has 4 nitrogen and oxygen atoms in total. The smallest absolute Gasteiger partial charge is 0.190 e. The van der Waals surface area contributed by atoms with Crippen molar-refractivity contribution < 1.29 is 4.74 Å². The molecule has 1 saturated carbocycles. The zero-order valence-electron chi connectivity index (χ0n) is 14.4. The molecule has 0 bridgehead atoms. The van der Waals surface area contributed by atoms with Gasteiger partial charge in [-0.2, -0.15) is 5.10 Å². The molecule has 1 aliphatic carbocycles. The van der Waals surface area contributed by atoms with Crippen LogP contribution in [0.5, 0.6) is 5.75 Å². The molecule has 1 N–H and O–H groups in total. The quantitative estimate of drug-likeness (QED) is 0.664. The van der Waals surface area contributed by atoms with Gasteiger partial charge < -0.3 is 10.1 Å². The highest BCUT2D eigenvalue weighted by molar-refractivity contribution is 7.80. The van der Waals surface area contributed by atoms with E-state index in [1.54, 1.807) is 7.11 Å². The van der Waals surface area contributed by atoms with Gasteiger partial charge in [-0.15, -0.1) is 6.58 Å². The summed E-state index contributed by atoms with van der Waals surface area (Å²) in [7, 11) is 1.69. The zero-order valence-corrected chi connectivity index (χ0v) is 15.2. The Kier molecular flexibility index (Phi) is 5.19. The topological polar surface area (TPSA) is 36.9 Å². The second kappa shape index (κ2) is 7.34. The van der Waals surface area contributed by atoms with E-state index in [2.05, 4.69) is 31.0 Å². The summed E-state index contributed by atoms with van der Waals surface area (Å²) in [6, 6.07) is 8.45. The summed E-state index contributed by atoms with van der Waals surface area (Å²) < 4.78 is 5.29. The lowest BCUT2D eigenvalue weighted by molar-refractivity contribution is 0.293. The molecule has 0 radical (unpaired) electrons. The molecule has 0 saturated heterocycles. The van der Waals surface area contributed by atoms with Crippen LogP contribution >= 0.6 is 12.2 Å². The normalized spacial score (nSPS) is 25.7. The number of hydrazone groups is 1. The van der Waals surface area contributed by atoms with E-state index in [0.29, 0.717) is 23.5 Å². The lowest BCUT2D eigenvalue weighted by Crippen LogP contribution is -2.38. The Morgan fingerprint density at radius 1 is 1.42 bits per heavy atom. The highest BCUT2D eigenvalue weighted by Crippen LogP contribution is 2.44. The largest absolute Gasteiger partial charge is 0.497 e. The molecule has 5 heteroatoms. The van der Waals surface area contributed by atoms with Gasteiger partial charge in [0.15, 0.2) is 5.11 Å². The summed E-state index contributed by atoms with van der Waals surface area (Å²) in [5.74, 6) is 1.83. The summed E-state index contributed by atoms with van der Waals surface area (Å²) >= 11 is 5.60. The molecule has 1 aromatic rings. The second-order valence-corrected chi connectivity index (χ2v) is 6.89. The Morgan fingerprint density at radius 3 is 2.83 bits per heavy atom. The van der Waals surface area contributed by atoms with Gasteiger partial charge in [-0.05, 0) is 48.7 Å². The fraction of sp³-hybridized carbons (Fsp3) is 0.474. The number of rotatable bonds is 4. The highest BCUT2D eigenvalue weighted by atomic mass is 32.1. The van der Waals surface area contributed by atoms with E-state index in [4.69, 9.17) is 22.1 Å². The third kappa shape index (κ3) is 3.18. The van der Waals surface area contributed by atoms with Crippen molar-refractivity contribution in [2.24, 2.45) is 16.9 Å². The van der Waals surface area contributed by atoms with Crippen molar-refractivity contribution in [2.75, 3.05) is 13.7 Å². The van der Waals surface area contributed by atoms with Crippen molar-refractivity contribution >= 4 is 23.0 Å². The predicted octanol–water partition coefficient (Wildman–Crippen LogP) is 3.90. The summed E-state index contributed by atoms with van der Waals surface area (Å²) in [6.07, 6.45) is 5.44. The van der Waals surface area contributed by atoms with Crippen LogP contribution in [0.1, 0.15) is 37.8 Å². The van der Waals surface area contributed by atoms with E-state index < -0.39 is 0 Å². The maximum absolute atomic E-state index is 5.60. The van der Waals surface area contributed by atoms with E-state index in [9.17, 15) is 0 Å². The first-order valence-electron chi connectivity index (χ1n) is 8.56. The van der Waals surface area contributed by atoms with E-state index in [-0.39, 0.29) is 6.04 Å². The third-order valence-electron chi connectivity index (χ3n) is 4.97. The number of thiocarbonyl (C=S) groups is 1. The summed E-state index contributed by atoms with van der Waals surface area (Å²) in [5, 5.41) is 10.8. The van der Waals surface area contributed by atoms with Crippen LogP contribution in [0.4, 0.5) is 0 Å². The van der Waals surface area contributed by atoms with Gasteiger partial charge in [-0.1, -0.05) is 31.6 Å². The Morgan fingerprint density at radius 2 is 2.17 bits per heavy atom. The van der Waals surface area contributed by atoms with Gasteiger partial charge in [0, 0.05) is 18.2 Å². The van der Waals surface area contributed by atoms with Crippen LogP contribution in [-0.2, 0) is 0 Å². The number of benzene rings is 1. The first-order valence-corrected chi connectivity index (χ1v) is 8.96. The lowest BCUT2D eigenvalue weighted by Gasteiger charge is -2.31. The molecule has 0 aromatic heterocycles. The lowest BCUT2D eigenvalue weighted by atomic mass is 9.76. The Hall–Kier alpha value is -1.88. The van der Waals surface area contributed by atoms with Crippen LogP contribution in [0.25, 0.3) is 0 Å². The summed E-state index contributed by atoms with van der Waals surface area (Å²) in [6.45, 7) is 6.68. The molecule has 0 spiro atoms. The number of fused-ring (bicyclic) bond motifs is 1. The molecule has 1 aromatic carbocycles. The average molecular weight is 343 g/mol. The first-order chi connectivity index (χ1) is 11.7. The fourth-order valence-electron chi connectivity index (χ4n) is 3.74. The van der Waals surface area contributed by atoms with Crippen LogP contribution in [0.2, 0.25) is 0 Å². The predicted molar refractivity (Wildman–Crippen MR) is 102 cm³/mol. The molecule has 24 heavy (non-hydrogen) atoms. The molecular weight excluding hydrogens is 318 g/mol. The van der Waals surface area contributed by atoms with Crippen LogP contribution in [0.15, 0.2) is 42.0 Å². The molecule has 3 rings (SSSR count). The molecule has 1 unspecified atom stereocenters. The monoisotopic (exact) mass is 343 g/mol. The van der Waals surface area contributed by atoms with E-state index in [1.807, 2.05) is 23.2 Å². The average Bonchev–Trinajstić information content (AvgIpc) is 3.01. The first kappa shape index (κ1) is 17.0. The van der Waals surface area contributed by atoms with Crippen molar-refractivity contribution in [1.29, 1.82) is 0 Å². The van der Waals surface area contributed by atoms with Gasteiger partial charge in [-0.25, -0.2) is 5.01 Å². The molecule has 128 valence electrons. The Labute approximate surface area is 149 Å². The molecule has 2 aliphatic rings. The number of nitrogens with zero attached hydrogens (tertiary/aromatic N) is 2. The van der Waals surface area contributed by atoms with Crippen LogP contribution < -0.4 is 10.1 Å². The van der Waals surface area contributed by atoms with Gasteiger partial charge in [0.2, 0.25) is 0 Å². The minimum atomic E-state index is 0.165. The number of hydrogen-bond acceptors (Lipinski definition) is 3. The SMILES string of the molecule is C=CCNC(=S)N1N=C2C(C)CCC[C@H]2[C@H]1c1ccc(OC)cc1. The number of hydrogen-bond donors (Lipinski definition) is 1. The standard InChI is InChI=1S/C19H25N3OS/c1-4-12-20-19(24)22-18(14-8-10-15(23-3)11-9-14)16-7-5-6-13(2)17(16)21-22/h4,8-11,13,16,18H,1,5-7,12H2,2-3H3,(H,20,24)/t13?,16-,18-/m1/s1. The number of ether oxygens (including phenoxy) is 1. The Bertz CT molecular complexity index is 641. The number of methoxy groups -OCH3 is 1. The van der Waals surface area contributed by atoms with Gasteiger partial charge in [0.25, 0.3) is 0 Å². The van der Waals surface area contributed by atoms with Gasteiger partial charge in [-0.3, -0.25) is 0 Å². The minimum Gasteiger partial charge on any atom is -0.497 e. The van der Waals surface area contributed by atoms with Gasteiger partial charge in [0.1, 0.15) is 5.75 Å². The van der Waals surface area contributed by atoms with Crippen molar-refractivity contribution in [2.45, 2.75) is 32.2 Å². The molecule has 1 aliphatic heterocycles. The maximum Gasteiger partial charge on any atom is 0.190 e. The van der Waals surface area contributed by atoms with Crippen LogP contribution in [0, 0.1) is 11.8 Å². The molecule has 3 atom stereocenters. The molecular formula is C19H25N3OS. The van der Waals surface area contributed by atoms with Gasteiger partial charge >= 0.3 is 0 Å². The summed E-state index contributed by atoms with van der Waals surface area (Å²) in [4.78, 5) is 0. The van der Waals surface area contributed by atoms with Crippen molar-refractivity contribution in [3.05, 3.63) is 42.5 Å². The third-order valence-corrected chi connectivity index (χ3v) is 5.30. The number of nitrogens with one attached hydrogen (secondary N) is 1. The van der Waals surface area contributed by atoms with Crippen molar-refractivity contribution in [1.82, 2.24) is 10.3 Å². The fourth-order valence-corrected chi connectivity index (χ4v) is 3.98. The van der Waals surface area contributed by atoms with E-state index in [1.165, 1.54) is 30.5 Å². The maximum atomic E-state index is 5.60. The molecule has 1 heterocycles. The Balaban J connectivity index is 1.92.